The molecule has 142 valence electrons. The highest BCUT2D eigenvalue weighted by molar-refractivity contribution is 8.00. The highest BCUT2D eigenvalue weighted by atomic mass is 32.2. The number of aromatic nitrogens is 1. The van der Waals surface area contributed by atoms with E-state index in [1.807, 2.05) is 60.4 Å². The smallest absolute Gasteiger partial charge is 0.234 e. The maximum atomic E-state index is 12.4. The van der Waals surface area contributed by atoms with Crippen molar-refractivity contribution in [3.05, 3.63) is 60.3 Å². The third-order valence-electron chi connectivity index (χ3n) is 4.90. The van der Waals surface area contributed by atoms with Crippen LogP contribution < -0.4 is 10.2 Å². The third kappa shape index (κ3) is 3.60. The van der Waals surface area contributed by atoms with Crippen LogP contribution in [0.3, 0.4) is 0 Å². The summed E-state index contributed by atoms with van der Waals surface area (Å²) in [4.78, 5) is 30.5. The number of benzene rings is 2. The molecule has 2 aromatic carbocycles. The van der Waals surface area contributed by atoms with Crippen LogP contribution >= 0.6 is 11.8 Å². The monoisotopic (exact) mass is 391 g/mol. The van der Waals surface area contributed by atoms with Crippen LogP contribution in [0, 0.1) is 0 Å². The van der Waals surface area contributed by atoms with Crippen molar-refractivity contribution in [3.63, 3.8) is 0 Å². The molecular formula is C22H21N3O2S. The average molecular weight is 391 g/mol. The number of anilines is 2. The lowest BCUT2D eigenvalue weighted by Crippen LogP contribution is -2.33. The minimum Gasteiger partial charge on any atom is -0.325 e. The maximum Gasteiger partial charge on any atom is 0.234 e. The molecule has 2 heterocycles. The lowest BCUT2D eigenvalue weighted by molar-refractivity contribution is -0.117. The van der Waals surface area contributed by atoms with Gasteiger partial charge in [-0.25, -0.2) is 4.98 Å². The van der Waals surface area contributed by atoms with Crippen molar-refractivity contribution in [1.82, 2.24) is 4.98 Å². The first-order valence-electron chi connectivity index (χ1n) is 9.22. The van der Waals surface area contributed by atoms with Gasteiger partial charge in [-0.15, -0.1) is 0 Å². The predicted octanol–water partition coefficient (Wildman–Crippen LogP) is 4.26. The van der Waals surface area contributed by atoms with Crippen molar-refractivity contribution in [3.8, 4) is 0 Å². The van der Waals surface area contributed by atoms with Gasteiger partial charge < -0.3 is 10.2 Å². The molecule has 2 amide bonds. The lowest BCUT2D eigenvalue weighted by atomic mass is 10.1. The SMILES string of the molecule is CC(=O)N1c2ccc(NC(=O)CSc3nccc4ccccc34)cc2CC1C. The molecule has 0 aliphatic carbocycles. The molecule has 1 atom stereocenters. The standard InChI is InChI=1S/C22H21N3O2S/c1-14-11-17-12-18(7-8-20(17)25(14)15(2)26)24-21(27)13-28-22-19-6-4-3-5-16(19)9-10-23-22/h3-10,12,14H,11,13H2,1-2H3,(H,24,27). The molecule has 1 aliphatic rings. The van der Waals surface area contributed by atoms with Gasteiger partial charge in [0, 0.05) is 35.9 Å². The zero-order chi connectivity index (χ0) is 19.7. The number of thioether (sulfide) groups is 1. The molecule has 1 unspecified atom stereocenters. The summed E-state index contributed by atoms with van der Waals surface area (Å²) >= 11 is 1.43. The first-order chi connectivity index (χ1) is 13.5. The number of carbonyl (C=O) groups excluding carboxylic acids is 2. The van der Waals surface area contributed by atoms with E-state index in [9.17, 15) is 9.59 Å². The molecule has 3 aromatic rings. The molecule has 0 saturated carbocycles. The Balaban J connectivity index is 1.43. The number of nitrogens with one attached hydrogen (secondary N) is 1. The van der Waals surface area contributed by atoms with Crippen LogP contribution in [0.4, 0.5) is 11.4 Å². The molecule has 5 nitrogen and oxygen atoms in total. The second-order valence-electron chi connectivity index (χ2n) is 6.96. The van der Waals surface area contributed by atoms with Crippen LogP contribution in [-0.2, 0) is 16.0 Å². The van der Waals surface area contributed by atoms with Crippen LogP contribution in [-0.4, -0.2) is 28.6 Å². The quantitative estimate of drug-likeness (QED) is 0.675. The van der Waals surface area contributed by atoms with Gasteiger partial charge in [0.05, 0.1) is 5.75 Å². The number of pyridine rings is 1. The molecule has 4 rings (SSSR count). The fourth-order valence-electron chi connectivity index (χ4n) is 3.73. The van der Waals surface area contributed by atoms with E-state index in [0.717, 1.165) is 39.2 Å². The number of hydrogen-bond donors (Lipinski definition) is 1. The van der Waals surface area contributed by atoms with Gasteiger partial charge in [0.1, 0.15) is 5.03 Å². The average Bonchev–Trinajstić information content (AvgIpc) is 3.01. The fourth-order valence-corrected chi connectivity index (χ4v) is 4.54. The van der Waals surface area contributed by atoms with Gasteiger partial charge in [-0.05, 0) is 48.6 Å². The second-order valence-corrected chi connectivity index (χ2v) is 7.92. The second kappa shape index (κ2) is 7.64. The lowest BCUT2D eigenvalue weighted by Gasteiger charge is -2.20. The Kier molecular flexibility index (Phi) is 5.05. The molecule has 0 spiro atoms. The number of amides is 2. The summed E-state index contributed by atoms with van der Waals surface area (Å²) in [5.74, 6) is 0.254. The highest BCUT2D eigenvalue weighted by Gasteiger charge is 2.28. The van der Waals surface area contributed by atoms with Gasteiger partial charge in [-0.2, -0.15) is 0 Å². The van der Waals surface area contributed by atoms with Gasteiger partial charge >= 0.3 is 0 Å². The Labute approximate surface area is 168 Å². The molecule has 0 radical (unpaired) electrons. The Morgan fingerprint density at radius 3 is 2.86 bits per heavy atom. The number of fused-ring (bicyclic) bond motifs is 2. The number of rotatable bonds is 4. The fraction of sp³-hybridized carbons (Fsp3) is 0.227. The van der Waals surface area contributed by atoms with E-state index in [-0.39, 0.29) is 23.6 Å². The van der Waals surface area contributed by atoms with Crippen molar-refractivity contribution < 1.29 is 9.59 Å². The number of hydrogen-bond acceptors (Lipinski definition) is 4. The van der Waals surface area contributed by atoms with Crippen molar-refractivity contribution in [2.75, 3.05) is 16.0 Å². The van der Waals surface area contributed by atoms with E-state index < -0.39 is 0 Å². The first kappa shape index (κ1) is 18.5. The number of carbonyl (C=O) groups is 2. The molecule has 1 N–H and O–H groups in total. The normalized spacial score (nSPS) is 15.5. The minimum atomic E-state index is -0.0749. The topological polar surface area (TPSA) is 62.3 Å². The molecule has 1 aliphatic heterocycles. The highest BCUT2D eigenvalue weighted by Crippen LogP contribution is 2.34. The first-order valence-corrected chi connectivity index (χ1v) is 10.2. The zero-order valence-electron chi connectivity index (χ0n) is 15.8. The predicted molar refractivity (Wildman–Crippen MR) is 114 cm³/mol. The van der Waals surface area contributed by atoms with Gasteiger partial charge in [0.15, 0.2) is 0 Å². The minimum absolute atomic E-state index is 0.0435. The van der Waals surface area contributed by atoms with Gasteiger partial charge in [0.25, 0.3) is 0 Å². The van der Waals surface area contributed by atoms with E-state index in [0.29, 0.717) is 0 Å². The van der Waals surface area contributed by atoms with Gasteiger partial charge in [0.2, 0.25) is 11.8 Å². The van der Waals surface area contributed by atoms with Crippen molar-refractivity contribution in [2.45, 2.75) is 31.3 Å². The van der Waals surface area contributed by atoms with Crippen LogP contribution in [0.25, 0.3) is 10.8 Å². The van der Waals surface area contributed by atoms with Crippen LogP contribution in [0.5, 0.6) is 0 Å². The van der Waals surface area contributed by atoms with Crippen molar-refractivity contribution >= 4 is 45.7 Å². The van der Waals surface area contributed by atoms with E-state index in [4.69, 9.17) is 0 Å². The summed E-state index contributed by atoms with van der Waals surface area (Å²) in [5.41, 5.74) is 2.78. The van der Waals surface area contributed by atoms with Crippen molar-refractivity contribution in [1.29, 1.82) is 0 Å². The van der Waals surface area contributed by atoms with E-state index in [1.165, 1.54) is 11.8 Å². The Hall–Kier alpha value is -2.86. The van der Waals surface area contributed by atoms with Crippen LogP contribution in [0.15, 0.2) is 59.8 Å². The van der Waals surface area contributed by atoms with E-state index in [2.05, 4.69) is 10.3 Å². The Morgan fingerprint density at radius 2 is 2.04 bits per heavy atom. The summed E-state index contributed by atoms with van der Waals surface area (Å²) in [7, 11) is 0. The van der Waals surface area contributed by atoms with E-state index >= 15 is 0 Å². The number of nitrogens with zero attached hydrogens (tertiary/aromatic N) is 2. The molecule has 28 heavy (non-hydrogen) atoms. The molecule has 0 saturated heterocycles. The third-order valence-corrected chi connectivity index (χ3v) is 5.90. The zero-order valence-corrected chi connectivity index (χ0v) is 16.6. The summed E-state index contributed by atoms with van der Waals surface area (Å²) < 4.78 is 0. The van der Waals surface area contributed by atoms with Crippen LogP contribution in [0.2, 0.25) is 0 Å². The molecule has 0 fully saturated rings. The Bertz CT molecular complexity index is 1060. The molecule has 1 aromatic heterocycles. The Morgan fingerprint density at radius 1 is 1.21 bits per heavy atom. The summed E-state index contributed by atoms with van der Waals surface area (Å²) in [6.07, 6.45) is 2.57. The van der Waals surface area contributed by atoms with Crippen LogP contribution in [0.1, 0.15) is 19.4 Å². The molecular weight excluding hydrogens is 370 g/mol. The molecule has 6 heteroatoms. The summed E-state index contributed by atoms with van der Waals surface area (Å²) in [6, 6.07) is 15.9. The molecule has 0 bridgehead atoms. The summed E-state index contributed by atoms with van der Waals surface area (Å²) in [5, 5.41) is 5.98. The largest absolute Gasteiger partial charge is 0.325 e. The van der Waals surface area contributed by atoms with Gasteiger partial charge in [-0.3, -0.25) is 9.59 Å². The van der Waals surface area contributed by atoms with Gasteiger partial charge in [-0.1, -0.05) is 36.0 Å². The summed E-state index contributed by atoms with van der Waals surface area (Å²) in [6.45, 7) is 3.62. The maximum absolute atomic E-state index is 12.4. The van der Waals surface area contributed by atoms with Crippen molar-refractivity contribution in [2.24, 2.45) is 0 Å². The van der Waals surface area contributed by atoms with E-state index in [1.54, 1.807) is 13.1 Å².